The minimum atomic E-state index is -1.22. The van der Waals surface area contributed by atoms with Gasteiger partial charge in [-0.2, -0.15) is 0 Å². The number of carboxylic acids is 1. The van der Waals surface area contributed by atoms with E-state index in [9.17, 15) is 14.4 Å². The van der Waals surface area contributed by atoms with Gasteiger partial charge in [0, 0.05) is 5.56 Å². The van der Waals surface area contributed by atoms with Gasteiger partial charge in [-0.05, 0) is 48.7 Å². The summed E-state index contributed by atoms with van der Waals surface area (Å²) in [6.45, 7) is 4.82. The Labute approximate surface area is 157 Å². The smallest absolute Gasteiger partial charge is 0.336 e. The standard InChI is InChI=1S/C20H22N2O5/c1-13(2)11-12-27-15-9-7-14(8-10-15)18(23)21-22-19(24)16-5-3-4-6-17(16)20(25)26/h3-10,13H,11-12H2,1-2H3,(H,21,23)(H,22,24)(H,25,26). The first kappa shape index (κ1) is 20.0. The fourth-order valence-corrected chi connectivity index (χ4v) is 2.24. The molecule has 0 bridgehead atoms. The molecule has 0 aliphatic carbocycles. The average molecular weight is 370 g/mol. The van der Waals surface area contributed by atoms with E-state index in [-0.39, 0.29) is 11.1 Å². The predicted octanol–water partition coefficient (Wildman–Crippen LogP) is 2.88. The second-order valence-corrected chi connectivity index (χ2v) is 6.31. The molecule has 0 radical (unpaired) electrons. The lowest BCUT2D eigenvalue weighted by atomic mass is 10.1. The Morgan fingerprint density at radius 1 is 0.926 bits per heavy atom. The largest absolute Gasteiger partial charge is 0.494 e. The molecule has 2 aromatic rings. The van der Waals surface area contributed by atoms with Crippen LogP contribution in [0.2, 0.25) is 0 Å². The van der Waals surface area contributed by atoms with Gasteiger partial charge in [-0.15, -0.1) is 0 Å². The summed E-state index contributed by atoms with van der Waals surface area (Å²) >= 11 is 0. The summed E-state index contributed by atoms with van der Waals surface area (Å²) in [7, 11) is 0. The van der Waals surface area contributed by atoms with Crippen molar-refractivity contribution in [2.45, 2.75) is 20.3 Å². The Morgan fingerprint density at radius 3 is 2.11 bits per heavy atom. The fraction of sp³-hybridized carbons (Fsp3) is 0.250. The molecule has 7 heteroatoms. The molecule has 3 N–H and O–H groups in total. The summed E-state index contributed by atoms with van der Waals surface area (Å²) in [5, 5.41) is 9.11. The number of carbonyl (C=O) groups excluding carboxylic acids is 2. The Hall–Kier alpha value is -3.35. The summed E-state index contributed by atoms with van der Waals surface area (Å²) in [6, 6.07) is 12.3. The first-order chi connectivity index (χ1) is 12.9. The molecular weight excluding hydrogens is 348 g/mol. The number of amides is 2. The SMILES string of the molecule is CC(C)CCOc1ccc(C(=O)NNC(=O)c2ccccc2C(=O)O)cc1. The molecule has 0 aliphatic heterocycles. The van der Waals surface area contributed by atoms with Gasteiger partial charge in [0.25, 0.3) is 11.8 Å². The monoisotopic (exact) mass is 370 g/mol. The number of ether oxygens (including phenoxy) is 1. The van der Waals surface area contributed by atoms with Crippen LogP contribution in [0.1, 0.15) is 51.3 Å². The van der Waals surface area contributed by atoms with Crippen LogP contribution in [-0.4, -0.2) is 29.5 Å². The average Bonchev–Trinajstić information content (AvgIpc) is 2.66. The van der Waals surface area contributed by atoms with Crippen molar-refractivity contribution in [2.75, 3.05) is 6.61 Å². The third-order valence-corrected chi connectivity index (χ3v) is 3.77. The van der Waals surface area contributed by atoms with Crippen LogP contribution in [0.5, 0.6) is 5.75 Å². The zero-order valence-corrected chi connectivity index (χ0v) is 15.2. The summed E-state index contributed by atoms with van der Waals surface area (Å²) in [5.41, 5.74) is 4.63. The number of carbonyl (C=O) groups is 3. The molecule has 7 nitrogen and oxygen atoms in total. The quantitative estimate of drug-likeness (QED) is 0.650. The molecule has 0 heterocycles. The molecule has 2 aromatic carbocycles. The molecule has 0 saturated carbocycles. The van der Waals surface area contributed by atoms with Crippen LogP contribution >= 0.6 is 0 Å². The van der Waals surface area contributed by atoms with Gasteiger partial charge < -0.3 is 9.84 Å². The zero-order chi connectivity index (χ0) is 19.8. The van der Waals surface area contributed by atoms with Crippen molar-refractivity contribution in [3.05, 3.63) is 65.2 Å². The molecule has 0 aliphatic rings. The number of hydrogen-bond acceptors (Lipinski definition) is 4. The number of hydrogen-bond donors (Lipinski definition) is 3. The maximum atomic E-state index is 12.1. The molecule has 0 aromatic heterocycles. The van der Waals surface area contributed by atoms with Gasteiger partial charge >= 0.3 is 5.97 Å². The lowest BCUT2D eigenvalue weighted by molar-refractivity contribution is 0.0690. The molecule has 0 saturated heterocycles. The second-order valence-electron chi connectivity index (χ2n) is 6.31. The number of rotatable bonds is 7. The molecule has 0 fully saturated rings. The molecule has 27 heavy (non-hydrogen) atoms. The minimum absolute atomic E-state index is 0.0424. The molecule has 0 atom stereocenters. The minimum Gasteiger partial charge on any atom is -0.494 e. The van der Waals surface area contributed by atoms with E-state index in [1.54, 1.807) is 30.3 Å². The van der Waals surface area contributed by atoms with Crippen molar-refractivity contribution in [3.63, 3.8) is 0 Å². The Bertz CT molecular complexity index is 815. The van der Waals surface area contributed by atoms with E-state index >= 15 is 0 Å². The number of carboxylic acid groups (broad SMARTS) is 1. The first-order valence-electron chi connectivity index (χ1n) is 8.54. The van der Waals surface area contributed by atoms with Crippen molar-refractivity contribution < 1.29 is 24.2 Å². The van der Waals surface area contributed by atoms with E-state index < -0.39 is 17.8 Å². The highest BCUT2D eigenvalue weighted by molar-refractivity contribution is 6.05. The van der Waals surface area contributed by atoms with Gasteiger partial charge in [-0.3, -0.25) is 20.4 Å². The highest BCUT2D eigenvalue weighted by Gasteiger charge is 2.16. The molecule has 0 unspecified atom stereocenters. The van der Waals surface area contributed by atoms with Crippen LogP contribution in [-0.2, 0) is 0 Å². The summed E-state index contributed by atoms with van der Waals surface area (Å²) < 4.78 is 5.59. The van der Waals surface area contributed by atoms with Gasteiger partial charge in [0.2, 0.25) is 0 Å². The van der Waals surface area contributed by atoms with Gasteiger partial charge in [0.05, 0.1) is 17.7 Å². The van der Waals surface area contributed by atoms with Crippen LogP contribution in [0.4, 0.5) is 0 Å². The lowest BCUT2D eigenvalue weighted by Gasteiger charge is -2.10. The second kappa shape index (κ2) is 9.38. The predicted molar refractivity (Wildman–Crippen MR) is 99.7 cm³/mol. The third kappa shape index (κ3) is 5.85. The molecule has 2 rings (SSSR count). The van der Waals surface area contributed by atoms with Gasteiger partial charge in [-0.25, -0.2) is 4.79 Å². The van der Waals surface area contributed by atoms with E-state index in [0.29, 0.717) is 23.8 Å². The number of hydrazine groups is 1. The van der Waals surface area contributed by atoms with Gasteiger partial charge in [-0.1, -0.05) is 26.0 Å². The molecular formula is C20H22N2O5. The normalized spacial score (nSPS) is 10.3. The Morgan fingerprint density at radius 2 is 1.52 bits per heavy atom. The van der Waals surface area contributed by atoms with Crippen molar-refractivity contribution >= 4 is 17.8 Å². The molecule has 142 valence electrons. The molecule has 2 amide bonds. The van der Waals surface area contributed by atoms with Crippen molar-refractivity contribution in [3.8, 4) is 5.75 Å². The van der Waals surface area contributed by atoms with E-state index in [1.165, 1.54) is 18.2 Å². The topological polar surface area (TPSA) is 105 Å². The Kier molecular flexibility index (Phi) is 6.93. The molecule has 0 spiro atoms. The summed E-state index contributed by atoms with van der Waals surface area (Å²) in [4.78, 5) is 35.4. The maximum absolute atomic E-state index is 12.1. The van der Waals surface area contributed by atoms with Crippen LogP contribution < -0.4 is 15.6 Å². The van der Waals surface area contributed by atoms with Gasteiger partial charge in [0.1, 0.15) is 5.75 Å². The number of nitrogens with one attached hydrogen (secondary N) is 2. The van der Waals surface area contributed by atoms with E-state index in [2.05, 4.69) is 24.7 Å². The van der Waals surface area contributed by atoms with E-state index in [1.807, 2.05) is 0 Å². The first-order valence-corrected chi connectivity index (χ1v) is 8.54. The number of benzene rings is 2. The van der Waals surface area contributed by atoms with Crippen molar-refractivity contribution in [1.82, 2.24) is 10.9 Å². The van der Waals surface area contributed by atoms with Crippen molar-refractivity contribution in [2.24, 2.45) is 5.92 Å². The third-order valence-electron chi connectivity index (χ3n) is 3.77. The van der Waals surface area contributed by atoms with E-state index in [0.717, 1.165) is 6.42 Å². The van der Waals surface area contributed by atoms with Crippen molar-refractivity contribution in [1.29, 1.82) is 0 Å². The maximum Gasteiger partial charge on any atom is 0.336 e. The van der Waals surface area contributed by atoms with E-state index in [4.69, 9.17) is 9.84 Å². The summed E-state index contributed by atoms with van der Waals surface area (Å²) in [6.07, 6.45) is 0.937. The van der Waals surface area contributed by atoms with Crippen LogP contribution in [0.25, 0.3) is 0 Å². The lowest BCUT2D eigenvalue weighted by Crippen LogP contribution is -2.42. The van der Waals surface area contributed by atoms with Crippen LogP contribution in [0, 0.1) is 5.92 Å². The zero-order valence-electron chi connectivity index (χ0n) is 15.2. The fourth-order valence-electron chi connectivity index (χ4n) is 2.24. The van der Waals surface area contributed by atoms with Gasteiger partial charge in [0.15, 0.2) is 0 Å². The highest BCUT2D eigenvalue weighted by Crippen LogP contribution is 2.13. The highest BCUT2D eigenvalue weighted by atomic mass is 16.5. The van der Waals surface area contributed by atoms with Crippen LogP contribution in [0.3, 0.4) is 0 Å². The Balaban J connectivity index is 1.92. The van der Waals surface area contributed by atoms with Crippen LogP contribution in [0.15, 0.2) is 48.5 Å². The summed E-state index contributed by atoms with van der Waals surface area (Å²) in [5.74, 6) is -1.25. The number of aromatic carboxylic acids is 1.